The first-order valence-corrected chi connectivity index (χ1v) is 17.1. The van der Waals surface area contributed by atoms with Gasteiger partial charge in [-0.3, -0.25) is 4.68 Å². The van der Waals surface area contributed by atoms with E-state index < -0.39 is 5.97 Å². The van der Waals surface area contributed by atoms with Gasteiger partial charge in [0.15, 0.2) is 0 Å². The topological polar surface area (TPSA) is 87.7 Å². The standard InChI is InChI=1S/C34H37N3O5.C5H12/c1-23-31-28-14-8-13-26-27(15-9-20-42-30-16-7-11-24-10-3-4-12-25(24)30)33(34(38)39)36(32(26)28)17-5-6-19-41-22-29(31)35-37(23)18-21-40-2;1-3-5-4-2/h3-4,7-8,10-14,16H,5-6,9,15,17-22H2,1-2H3,(H,38,39);3-5H2,1-2H3. The first-order chi connectivity index (χ1) is 23.0. The molecule has 47 heavy (non-hydrogen) atoms. The second-order valence-electron chi connectivity index (χ2n) is 12.2. The summed E-state index contributed by atoms with van der Waals surface area (Å²) in [5, 5.41) is 18.6. The minimum atomic E-state index is -0.902. The van der Waals surface area contributed by atoms with Crippen molar-refractivity contribution in [1.29, 1.82) is 0 Å². The van der Waals surface area contributed by atoms with Crippen LogP contribution < -0.4 is 4.74 Å². The van der Waals surface area contributed by atoms with Gasteiger partial charge in [0.1, 0.15) is 11.4 Å². The Balaban J connectivity index is 0.000000807. The van der Waals surface area contributed by atoms with Crippen LogP contribution in [0.25, 0.3) is 32.8 Å². The van der Waals surface area contributed by atoms with Gasteiger partial charge in [0.2, 0.25) is 0 Å². The Kier molecular flexibility index (Phi) is 12.1. The number of hydrogen-bond acceptors (Lipinski definition) is 5. The highest BCUT2D eigenvalue weighted by Crippen LogP contribution is 2.39. The Hall–Kier alpha value is -4.14. The Morgan fingerprint density at radius 1 is 0.957 bits per heavy atom. The van der Waals surface area contributed by atoms with Gasteiger partial charge in [-0.2, -0.15) is 5.10 Å². The Bertz CT molecular complexity index is 1780. The molecular formula is C39H49N3O5. The fourth-order valence-electron chi connectivity index (χ4n) is 6.61. The van der Waals surface area contributed by atoms with Crippen molar-refractivity contribution in [2.75, 3.05) is 26.9 Å². The van der Waals surface area contributed by atoms with E-state index in [-0.39, 0.29) is 0 Å². The first-order valence-electron chi connectivity index (χ1n) is 17.1. The van der Waals surface area contributed by atoms with E-state index in [0.29, 0.717) is 58.1 Å². The molecule has 0 atom stereocenters. The summed E-state index contributed by atoms with van der Waals surface area (Å²) >= 11 is 0. The van der Waals surface area contributed by atoms with Crippen molar-refractivity contribution in [3.05, 3.63) is 83.3 Å². The van der Waals surface area contributed by atoms with E-state index in [1.807, 2.05) is 39.6 Å². The number of aromatic carboxylic acids is 1. The number of aryl methyl sites for hydroxylation is 2. The predicted molar refractivity (Wildman–Crippen MR) is 189 cm³/mol. The smallest absolute Gasteiger partial charge is 0.352 e. The molecule has 250 valence electrons. The number of benzene rings is 3. The number of rotatable bonds is 11. The molecule has 0 saturated heterocycles. The van der Waals surface area contributed by atoms with Crippen LogP contribution in [-0.2, 0) is 35.6 Å². The molecule has 8 nitrogen and oxygen atoms in total. The number of aromatic nitrogens is 3. The maximum atomic E-state index is 12.9. The molecule has 5 aromatic rings. The lowest BCUT2D eigenvalue weighted by Gasteiger charge is -2.12. The van der Waals surface area contributed by atoms with Crippen LogP contribution >= 0.6 is 0 Å². The van der Waals surface area contributed by atoms with Crippen LogP contribution in [0.2, 0.25) is 0 Å². The largest absolute Gasteiger partial charge is 0.493 e. The van der Waals surface area contributed by atoms with Gasteiger partial charge in [0.05, 0.1) is 37.6 Å². The molecule has 0 radical (unpaired) electrons. The number of para-hydroxylation sites is 1. The molecule has 6 rings (SSSR count). The van der Waals surface area contributed by atoms with Crippen LogP contribution in [0, 0.1) is 6.92 Å². The van der Waals surface area contributed by atoms with Crippen molar-refractivity contribution in [2.24, 2.45) is 0 Å². The number of methoxy groups -OCH3 is 1. The van der Waals surface area contributed by atoms with Gasteiger partial charge in [-0.1, -0.05) is 87.7 Å². The molecule has 0 amide bonds. The van der Waals surface area contributed by atoms with E-state index in [9.17, 15) is 9.90 Å². The molecule has 0 spiro atoms. The van der Waals surface area contributed by atoms with Gasteiger partial charge in [-0.05, 0) is 49.6 Å². The van der Waals surface area contributed by atoms with E-state index in [4.69, 9.17) is 19.3 Å². The maximum absolute atomic E-state index is 12.9. The summed E-state index contributed by atoms with van der Waals surface area (Å²) in [5.74, 6) is -0.0533. The highest BCUT2D eigenvalue weighted by atomic mass is 16.5. The average molecular weight is 640 g/mol. The Morgan fingerprint density at radius 2 is 1.72 bits per heavy atom. The number of carbonyl (C=O) groups is 1. The number of ether oxygens (including phenoxy) is 3. The fraction of sp³-hybridized carbons (Fsp3) is 0.436. The minimum Gasteiger partial charge on any atom is -0.493 e. The van der Waals surface area contributed by atoms with Crippen LogP contribution in [0.15, 0.2) is 60.7 Å². The molecule has 0 unspecified atom stereocenters. The monoisotopic (exact) mass is 639 g/mol. The summed E-state index contributed by atoms with van der Waals surface area (Å²) < 4.78 is 21.6. The van der Waals surface area contributed by atoms with Crippen LogP contribution in [0.1, 0.15) is 79.8 Å². The summed E-state index contributed by atoms with van der Waals surface area (Å²) in [5.41, 5.74) is 6.08. The lowest BCUT2D eigenvalue weighted by atomic mass is 9.98. The van der Waals surface area contributed by atoms with Gasteiger partial charge in [-0.25, -0.2) is 4.79 Å². The molecule has 0 fully saturated rings. The molecule has 1 aliphatic heterocycles. The van der Waals surface area contributed by atoms with Crippen LogP contribution in [0.5, 0.6) is 5.75 Å². The van der Waals surface area contributed by atoms with Crippen LogP contribution in [0.3, 0.4) is 0 Å². The number of carboxylic acid groups (broad SMARTS) is 1. The van der Waals surface area contributed by atoms with Gasteiger partial charge in [-0.15, -0.1) is 0 Å². The van der Waals surface area contributed by atoms with Crippen molar-refractivity contribution in [2.45, 2.75) is 85.4 Å². The third kappa shape index (κ3) is 7.71. The quantitative estimate of drug-likeness (QED) is 0.145. The summed E-state index contributed by atoms with van der Waals surface area (Å²) in [6.07, 6.45) is 7.04. The van der Waals surface area contributed by atoms with E-state index in [1.165, 1.54) is 19.3 Å². The second-order valence-corrected chi connectivity index (χ2v) is 12.2. The van der Waals surface area contributed by atoms with E-state index in [1.54, 1.807) is 7.11 Å². The van der Waals surface area contributed by atoms with Gasteiger partial charge in [0.25, 0.3) is 0 Å². The van der Waals surface area contributed by atoms with Gasteiger partial charge < -0.3 is 23.9 Å². The van der Waals surface area contributed by atoms with Crippen molar-refractivity contribution >= 4 is 27.6 Å². The molecule has 0 aliphatic carbocycles. The molecule has 1 N–H and O–H groups in total. The van der Waals surface area contributed by atoms with E-state index in [0.717, 1.165) is 68.3 Å². The highest BCUT2D eigenvalue weighted by molar-refractivity contribution is 6.04. The predicted octanol–water partition coefficient (Wildman–Crippen LogP) is 8.83. The van der Waals surface area contributed by atoms with E-state index >= 15 is 0 Å². The zero-order chi connectivity index (χ0) is 33.2. The average Bonchev–Trinajstić information content (AvgIpc) is 3.56. The molecule has 1 aliphatic rings. The maximum Gasteiger partial charge on any atom is 0.352 e. The van der Waals surface area contributed by atoms with E-state index in [2.05, 4.69) is 51.1 Å². The molecule has 2 aromatic heterocycles. The number of hydrogen-bond donors (Lipinski definition) is 1. The van der Waals surface area contributed by atoms with Gasteiger partial charge in [0, 0.05) is 47.9 Å². The number of unbranched alkanes of at least 4 members (excludes halogenated alkanes) is 2. The summed E-state index contributed by atoms with van der Waals surface area (Å²) in [7, 11) is 1.69. The van der Waals surface area contributed by atoms with Crippen molar-refractivity contribution in [1.82, 2.24) is 14.3 Å². The Morgan fingerprint density at radius 3 is 2.49 bits per heavy atom. The van der Waals surface area contributed by atoms with Crippen molar-refractivity contribution in [3.8, 4) is 16.9 Å². The summed E-state index contributed by atoms with van der Waals surface area (Å²) in [6.45, 7) is 9.79. The van der Waals surface area contributed by atoms with Crippen LogP contribution in [-0.4, -0.2) is 52.4 Å². The molecule has 8 heteroatoms. The third-order valence-corrected chi connectivity index (χ3v) is 8.89. The first kappa shape index (κ1) is 34.2. The highest BCUT2D eigenvalue weighted by Gasteiger charge is 2.27. The molecule has 3 heterocycles. The lowest BCUT2D eigenvalue weighted by Crippen LogP contribution is -2.12. The number of carboxylic acids is 1. The van der Waals surface area contributed by atoms with Crippen molar-refractivity contribution < 1.29 is 24.1 Å². The summed E-state index contributed by atoms with van der Waals surface area (Å²) in [4.78, 5) is 12.9. The number of nitrogens with zero attached hydrogens (tertiary/aromatic N) is 3. The molecular weight excluding hydrogens is 590 g/mol. The molecule has 3 aromatic carbocycles. The normalized spacial score (nSPS) is 13.1. The molecule has 0 bridgehead atoms. The van der Waals surface area contributed by atoms with Crippen LogP contribution in [0.4, 0.5) is 0 Å². The summed E-state index contributed by atoms with van der Waals surface area (Å²) in [6, 6.07) is 20.4. The van der Waals surface area contributed by atoms with Gasteiger partial charge >= 0.3 is 5.97 Å². The third-order valence-electron chi connectivity index (χ3n) is 8.89. The minimum absolute atomic E-state index is 0.369. The second kappa shape index (κ2) is 16.6. The SMILES string of the molecule is CCCCC.COCCn1nc2c(c1C)-c1cccc3c(CCCOc4cccc5ccccc45)c(C(=O)O)n(c13)CCCCOC2. The number of fused-ring (bicyclic) bond motifs is 3. The molecule has 0 saturated carbocycles. The fourth-order valence-corrected chi connectivity index (χ4v) is 6.61. The zero-order valence-corrected chi connectivity index (χ0v) is 28.4. The van der Waals surface area contributed by atoms with Crippen molar-refractivity contribution in [3.63, 3.8) is 0 Å². The Labute approximate surface area is 278 Å². The zero-order valence-electron chi connectivity index (χ0n) is 28.4. The lowest BCUT2D eigenvalue weighted by molar-refractivity contribution is 0.0683.